The summed E-state index contributed by atoms with van der Waals surface area (Å²) in [6, 6.07) is 29.3. The van der Waals surface area contributed by atoms with Crippen molar-refractivity contribution in [1.82, 2.24) is 4.90 Å². The smallest absolute Gasteiger partial charge is 0.261 e. The Hall–Kier alpha value is -8.62. The molecule has 23 nitrogen and oxygen atoms in total. The van der Waals surface area contributed by atoms with Crippen molar-refractivity contribution >= 4 is 191 Å². The first-order chi connectivity index (χ1) is 60.9. The Bertz CT molecular complexity index is 6030. The Labute approximate surface area is 783 Å². The van der Waals surface area contributed by atoms with E-state index >= 15 is 0 Å². The molecule has 129 heavy (non-hydrogen) atoms. The molecule has 8 fully saturated rings. The number of ether oxygens (including phenoxy) is 2. The summed E-state index contributed by atoms with van der Waals surface area (Å²) in [5, 5.41) is 68.9. The fourth-order valence-electron chi connectivity index (χ4n) is 19.5. The van der Waals surface area contributed by atoms with Gasteiger partial charge in [0, 0.05) is 100 Å². The second kappa shape index (κ2) is 35.7. The first-order valence-electron chi connectivity index (χ1n) is 41.6. The molecular weight excluding hydrogens is 1860 g/mol. The molecule has 8 aliphatic carbocycles. The van der Waals surface area contributed by atoms with E-state index in [1.165, 1.54) is 73.8 Å². The third kappa shape index (κ3) is 17.3. The molecule has 13 aliphatic rings. The Kier molecular flexibility index (Phi) is 26.3. The van der Waals surface area contributed by atoms with E-state index in [-0.39, 0.29) is 138 Å². The van der Waals surface area contributed by atoms with Crippen molar-refractivity contribution in [2.75, 3.05) is 54.9 Å². The van der Waals surface area contributed by atoms with Gasteiger partial charge < -0.3 is 66.5 Å². The number of Topliss-reactive ketones (excluding diaryl/α,β-unsaturated/α-hetero) is 5. The Morgan fingerprint density at radius 1 is 0.372 bits per heavy atom. The maximum atomic E-state index is 14.4. The molecule has 8 saturated carbocycles. The highest BCUT2D eigenvalue weighted by molar-refractivity contribution is 6.41. The highest BCUT2D eigenvalue weighted by atomic mass is 35.5. The van der Waals surface area contributed by atoms with Crippen molar-refractivity contribution in [3.8, 4) is 5.75 Å². The maximum Gasteiger partial charge on any atom is 0.261 e. The summed E-state index contributed by atoms with van der Waals surface area (Å²) in [4.78, 5) is 128. The second-order valence-corrected chi connectivity index (χ2v) is 39.0. The van der Waals surface area contributed by atoms with Gasteiger partial charge in [0.15, 0.2) is 45.4 Å². The van der Waals surface area contributed by atoms with Crippen molar-refractivity contribution in [3.63, 3.8) is 0 Å². The number of hydrogen-bond acceptors (Lipinski definition) is 18. The number of fused-ring (bicyclic) bond motifs is 11. The van der Waals surface area contributed by atoms with Gasteiger partial charge in [-0.2, -0.15) is 0 Å². The summed E-state index contributed by atoms with van der Waals surface area (Å²) in [6.45, 7) is 0. The van der Waals surface area contributed by atoms with Crippen LogP contribution in [0.2, 0.25) is 45.2 Å². The normalized spacial score (nSPS) is 26.5. The average molecular weight is 1950 g/mol. The number of hydrogen-bond donors (Lipinski definition) is 10. The highest BCUT2D eigenvalue weighted by Gasteiger charge is 2.60. The molecule has 0 aromatic heterocycles. The van der Waals surface area contributed by atoms with Crippen LogP contribution in [0, 0.1) is 28.3 Å². The van der Waals surface area contributed by atoms with E-state index in [2.05, 4.69) is 45.6 Å². The van der Waals surface area contributed by atoms with E-state index in [1.54, 1.807) is 49.6 Å². The number of aliphatic hydroxyl groups is 5. The van der Waals surface area contributed by atoms with Crippen LogP contribution in [0.3, 0.4) is 0 Å². The lowest BCUT2D eigenvalue weighted by atomic mass is 9.54. The van der Waals surface area contributed by atoms with Crippen molar-refractivity contribution in [2.45, 2.75) is 186 Å². The third-order valence-corrected chi connectivity index (χ3v) is 30.6. The third-order valence-electron chi connectivity index (χ3n) is 27.8. The van der Waals surface area contributed by atoms with Crippen LogP contribution in [0.25, 0.3) is 0 Å². The molecule has 21 rings (SSSR count). The van der Waals surface area contributed by atoms with Crippen LogP contribution in [-0.4, -0.2) is 128 Å². The molecule has 5 aliphatic heterocycles. The number of rotatable bonds is 20. The predicted octanol–water partition coefficient (Wildman–Crippen LogP) is 19.3. The number of nitrogens with zero attached hydrogens (tertiary/aromatic N) is 1. The van der Waals surface area contributed by atoms with E-state index < -0.39 is 122 Å². The van der Waals surface area contributed by atoms with Crippen molar-refractivity contribution in [2.24, 2.45) is 10.8 Å². The van der Waals surface area contributed by atoms with Crippen molar-refractivity contribution in [3.05, 3.63) is 240 Å². The van der Waals surface area contributed by atoms with Crippen LogP contribution in [0.5, 0.6) is 5.75 Å². The summed E-state index contributed by atoms with van der Waals surface area (Å²) in [7, 11) is 7.44. The lowest BCUT2D eigenvalue weighted by Crippen LogP contribution is -2.56. The molecule has 35 heteroatoms. The van der Waals surface area contributed by atoms with Gasteiger partial charge in [0.2, 0.25) is 0 Å². The molecule has 8 aromatic rings. The molecule has 0 radical (unpaired) electrons. The first-order valence-corrected chi connectivity index (χ1v) is 45.0. The van der Waals surface area contributed by atoms with Gasteiger partial charge in [0.05, 0.1) is 86.1 Å². The van der Waals surface area contributed by atoms with Gasteiger partial charge in [-0.05, 0) is 243 Å². The number of nitrogens with one attached hydrogen (secondary N) is 5. The van der Waals surface area contributed by atoms with E-state index in [0.29, 0.717) is 38.7 Å². The van der Waals surface area contributed by atoms with Gasteiger partial charge in [-0.3, -0.25) is 47.9 Å². The van der Waals surface area contributed by atoms with Crippen LogP contribution in [-0.2, 0) is 66.3 Å². The Morgan fingerprint density at radius 2 is 0.705 bits per heavy atom. The maximum absolute atomic E-state index is 14.4. The zero-order valence-electron chi connectivity index (χ0n) is 69.7. The highest BCUT2D eigenvalue weighted by Crippen LogP contribution is 2.60. The van der Waals surface area contributed by atoms with Gasteiger partial charge in [-0.25, -0.2) is 13.2 Å². The SMILES string of the molecule is CN(C)C12CCC(C(=O)CC3(O)C(=O)Nc4c(Cl)ccc(Cl)c43)(CC1)CC2.COC12CCC(C(=O)CC3(O)C(=O)Nc4c(Cl)ccc(Cl)c43)(CC1)CC2.COc1ccc(C(=O)CC2(O)C(=O)Nc3c(F)ccc(Cl)c32)cc1.O=C(CC1(O)C(=O)Nc2c(Cl)ccc(Cl)c21)c1ccc(C2CC2)c(F)c1.O=C(CC1(O)C(=O)Nc2c(Cl)ccc(Cl)c21)c1ccc(C2CC2)cc1F. The van der Waals surface area contributed by atoms with Crippen LogP contribution < -0.4 is 31.3 Å². The second-order valence-electron chi connectivity index (χ2n) is 35.3. The fourth-order valence-corrected chi connectivity index (χ4v) is 21.9. The molecule has 10 N–H and O–H groups in total. The lowest BCUT2D eigenvalue weighted by Gasteiger charge is -2.55. The number of halogens is 12. The van der Waals surface area contributed by atoms with E-state index in [9.17, 15) is 86.6 Å². The molecule has 8 aromatic carbocycles. The van der Waals surface area contributed by atoms with Gasteiger partial charge >= 0.3 is 0 Å². The van der Waals surface area contributed by atoms with Crippen LogP contribution >= 0.6 is 104 Å². The van der Waals surface area contributed by atoms with Gasteiger partial charge in [0.1, 0.15) is 34.8 Å². The summed E-state index contributed by atoms with van der Waals surface area (Å²) >= 11 is 55.1. The summed E-state index contributed by atoms with van der Waals surface area (Å²) in [5.41, 5.74) is -8.48. The Balaban J connectivity index is 0.000000124. The predicted molar refractivity (Wildman–Crippen MR) is 482 cm³/mol. The Morgan fingerprint density at radius 3 is 1.06 bits per heavy atom. The molecular formula is C94H86Cl9F3N6O17. The van der Waals surface area contributed by atoms with E-state index in [0.717, 1.165) is 120 Å². The molecule has 5 atom stereocenters. The molecule has 4 bridgehead atoms. The first kappa shape index (κ1) is 95.0. The molecule has 0 spiro atoms. The van der Waals surface area contributed by atoms with Crippen molar-refractivity contribution in [1.29, 1.82) is 0 Å². The van der Waals surface area contributed by atoms with Crippen LogP contribution in [0.1, 0.15) is 217 Å². The standard InChI is InChI=1S/C20H24Cl2N2O3.2C19H14Cl2FNO3.C19H21Cl2NO4.C17H13ClFNO4/c1-24(2)19-8-5-18(6-9-19,7-10-19)14(25)11-20(27)15-12(21)3-4-13(22)16(15)23-17(20)26;20-12-5-6-13(21)17-16(12)19(26,18(25)23-17)8-15(24)10-3-4-11(9-1-2-9)14(22)7-10;20-12-5-6-13(21)17-16(12)19(26,18(25)23-17)8-15(24)11-4-3-10(7-14(11)22)9-1-2-9;1-26-18-7-4-17(5-8-18,6-9-18)13(23)10-19(25)14-11(20)2-3-12(21)15(14)22-16(19)24;1-24-10-4-2-9(3-5-10)13(21)8-17(23)14-11(18)6-7-12(19)15(14)20-16(17)22/h3-4,27H,5-11H2,1-2H3,(H,23,26);2*3-7,9,26H,1-2,8H2,(H,23,25);2-3,25H,4-10H2,1H3,(H,22,24);2-7,23H,8H2,1H3,(H,20,22). The number of methoxy groups -OCH3 is 2. The number of ketones is 5. The molecule has 5 amide bonds. The summed E-state index contributed by atoms with van der Waals surface area (Å²) in [6.07, 6.45) is 11.6. The molecule has 5 unspecified atom stereocenters. The minimum atomic E-state index is -2.22. The van der Waals surface area contributed by atoms with Crippen LogP contribution in [0.15, 0.2) is 121 Å². The molecule has 678 valence electrons. The number of carbonyl (C=O) groups is 10. The molecule has 5 heterocycles. The van der Waals surface area contributed by atoms with Gasteiger partial charge in [-0.15, -0.1) is 0 Å². The van der Waals surface area contributed by atoms with Crippen LogP contribution in [0.4, 0.5) is 41.6 Å². The number of amides is 5. The van der Waals surface area contributed by atoms with Gasteiger partial charge in [0.25, 0.3) is 29.5 Å². The van der Waals surface area contributed by atoms with E-state index in [1.807, 2.05) is 0 Å². The molecule has 0 saturated heterocycles. The zero-order chi connectivity index (χ0) is 93.1. The number of benzene rings is 8. The topological polar surface area (TPSA) is 354 Å². The lowest BCUT2D eigenvalue weighted by molar-refractivity contribution is -0.158. The van der Waals surface area contributed by atoms with Gasteiger partial charge in [-0.1, -0.05) is 123 Å². The zero-order valence-corrected chi connectivity index (χ0v) is 76.5. The quantitative estimate of drug-likeness (QED) is 0.0317. The average Bonchev–Trinajstić information content (AvgIpc) is 1.76. The minimum Gasteiger partial charge on any atom is -0.497 e. The van der Waals surface area contributed by atoms with Crippen molar-refractivity contribution < 1.29 is 96.1 Å². The largest absolute Gasteiger partial charge is 0.497 e. The summed E-state index contributed by atoms with van der Waals surface area (Å²) in [5.74, 6) is -6.30. The number of anilines is 5. The number of carbonyl (C=O) groups excluding carboxylic acids is 10. The fraction of sp³-hybridized carbons (Fsp3) is 0.383. The summed E-state index contributed by atoms with van der Waals surface area (Å²) < 4.78 is 53.1. The minimum absolute atomic E-state index is 0.00906. The monoisotopic (exact) mass is 1940 g/mol. The van der Waals surface area contributed by atoms with E-state index in [4.69, 9.17) is 114 Å².